The lowest BCUT2D eigenvalue weighted by molar-refractivity contribution is -0.141. The summed E-state index contributed by atoms with van der Waals surface area (Å²) in [6, 6.07) is 15.6. The quantitative estimate of drug-likeness (QED) is 0.546. The average Bonchev–Trinajstić information content (AvgIpc) is 3.18. The molecule has 0 aliphatic heterocycles. The molecule has 1 aliphatic rings. The fourth-order valence-corrected chi connectivity index (χ4v) is 5.31. The third kappa shape index (κ3) is 2.48. The Hall–Kier alpha value is -3.01. The molecule has 2 unspecified atom stereocenters. The van der Waals surface area contributed by atoms with E-state index in [2.05, 4.69) is 0 Å². The summed E-state index contributed by atoms with van der Waals surface area (Å²) in [4.78, 5) is 12.8. The number of benzene rings is 1. The van der Waals surface area contributed by atoms with E-state index in [0.717, 1.165) is 16.9 Å². The second-order valence-corrected chi connectivity index (χ2v) is 8.65. The first kappa shape index (κ1) is 19.3. The van der Waals surface area contributed by atoms with Crippen molar-refractivity contribution >= 4 is 5.97 Å². The summed E-state index contributed by atoms with van der Waals surface area (Å²) in [5, 5.41) is 10.5. The molecule has 1 fully saturated rings. The summed E-state index contributed by atoms with van der Waals surface area (Å²) in [7, 11) is 0. The minimum absolute atomic E-state index is 0.602. The molecule has 1 aromatic carbocycles. The Morgan fingerprint density at radius 1 is 1.07 bits per heavy atom. The molecule has 150 valence electrons. The number of carboxylic acid groups (broad SMARTS) is 1. The molecule has 0 radical (unpaired) electrons. The van der Waals surface area contributed by atoms with Gasteiger partial charge in [0.15, 0.2) is 0 Å². The average molecular weight is 390 g/mol. The molecule has 2 heterocycles. The Morgan fingerprint density at radius 2 is 1.79 bits per heavy atom. The fraction of sp³-hybridized carbons (Fsp3) is 0.320. The Balaban J connectivity index is 1.85. The van der Waals surface area contributed by atoms with Gasteiger partial charge in [0.2, 0.25) is 0 Å². The molecule has 0 bridgehead atoms. The number of furan rings is 2. The van der Waals surface area contributed by atoms with Gasteiger partial charge in [0.05, 0.1) is 17.9 Å². The van der Waals surface area contributed by atoms with Crippen LogP contribution < -0.4 is 0 Å². The van der Waals surface area contributed by atoms with Crippen LogP contribution in [0.25, 0.3) is 0 Å². The normalized spacial score (nSPS) is 24.8. The molecule has 0 saturated heterocycles. The van der Waals surface area contributed by atoms with Gasteiger partial charge in [-0.15, -0.1) is 0 Å². The molecule has 4 nitrogen and oxygen atoms in total. The van der Waals surface area contributed by atoms with Gasteiger partial charge in [0, 0.05) is 17.4 Å². The van der Waals surface area contributed by atoms with Gasteiger partial charge in [0.1, 0.15) is 16.9 Å². The van der Waals surface area contributed by atoms with Crippen molar-refractivity contribution in [3.63, 3.8) is 0 Å². The Bertz CT molecular complexity index is 1050. The van der Waals surface area contributed by atoms with Gasteiger partial charge < -0.3 is 13.9 Å². The van der Waals surface area contributed by atoms with Crippen molar-refractivity contribution in [1.29, 1.82) is 0 Å². The van der Waals surface area contributed by atoms with Crippen LogP contribution in [0.4, 0.5) is 0 Å². The van der Waals surface area contributed by atoms with Gasteiger partial charge in [-0.1, -0.05) is 55.8 Å². The van der Waals surface area contributed by atoms with E-state index in [4.69, 9.17) is 8.83 Å². The smallest absolute Gasteiger partial charge is 0.316 e. The summed E-state index contributed by atoms with van der Waals surface area (Å²) in [6.45, 7) is 7.96. The van der Waals surface area contributed by atoms with E-state index in [1.165, 1.54) is 0 Å². The lowest BCUT2D eigenvalue weighted by Gasteiger charge is -2.17. The van der Waals surface area contributed by atoms with Crippen LogP contribution in [-0.2, 0) is 22.0 Å². The summed E-state index contributed by atoms with van der Waals surface area (Å²) >= 11 is 0. The molecule has 29 heavy (non-hydrogen) atoms. The molecule has 1 N–H and O–H groups in total. The molecule has 0 spiro atoms. The monoisotopic (exact) mass is 390 g/mol. The number of carbonyl (C=O) groups is 1. The van der Waals surface area contributed by atoms with Gasteiger partial charge in [-0.05, 0) is 37.6 Å². The van der Waals surface area contributed by atoms with Crippen LogP contribution >= 0.6 is 0 Å². The third-order valence-electron chi connectivity index (χ3n) is 6.50. The standard InChI is InChI=1S/C25H26O4/c1-17(2)15-24(21-11-8-12-28-21)23(3,4)25(24,22(26)27)19-14-20(29-16-19)13-18-9-6-5-7-10-18/h5-12,14-16H,13H2,1-4H3,(H,26,27). The van der Waals surface area contributed by atoms with E-state index in [9.17, 15) is 9.90 Å². The van der Waals surface area contributed by atoms with Crippen molar-refractivity contribution < 1.29 is 18.7 Å². The number of hydrogen-bond acceptors (Lipinski definition) is 3. The highest BCUT2D eigenvalue weighted by Crippen LogP contribution is 2.79. The van der Waals surface area contributed by atoms with Crippen LogP contribution in [0, 0.1) is 5.41 Å². The molecular formula is C25H26O4. The number of rotatable bonds is 6. The maximum absolute atomic E-state index is 12.8. The zero-order valence-corrected chi connectivity index (χ0v) is 17.2. The predicted molar refractivity (Wildman–Crippen MR) is 111 cm³/mol. The molecule has 3 aromatic rings. The van der Waals surface area contributed by atoms with E-state index in [1.54, 1.807) is 12.5 Å². The number of allylic oxidation sites excluding steroid dienone is 2. The van der Waals surface area contributed by atoms with Crippen LogP contribution in [0.2, 0.25) is 0 Å². The first-order chi connectivity index (χ1) is 13.8. The van der Waals surface area contributed by atoms with Crippen molar-refractivity contribution in [3.05, 3.63) is 95.4 Å². The van der Waals surface area contributed by atoms with E-state index >= 15 is 0 Å². The van der Waals surface area contributed by atoms with Crippen LogP contribution in [0.1, 0.15) is 50.3 Å². The SMILES string of the molecule is CC(C)=CC1(c2ccco2)C(C)(C)C1(C(=O)O)c1coc(Cc2ccccc2)c1. The van der Waals surface area contributed by atoms with Crippen LogP contribution in [-0.4, -0.2) is 11.1 Å². The van der Waals surface area contributed by atoms with Crippen LogP contribution in [0.3, 0.4) is 0 Å². The summed E-state index contributed by atoms with van der Waals surface area (Å²) < 4.78 is 11.6. The molecule has 1 aliphatic carbocycles. The zero-order valence-electron chi connectivity index (χ0n) is 17.2. The van der Waals surface area contributed by atoms with Crippen molar-refractivity contribution in [3.8, 4) is 0 Å². The van der Waals surface area contributed by atoms with Gasteiger partial charge in [-0.3, -0.25) is 4.79 Å². The second kappa shape index (κ2) is 6.51. The first-order valence-corrected chi connectivity index (χ1v) is 9.82. The highest BCUT2D eigenvalue weighted by Gasteiger charge is 2.88. The minimum Gasteiger partial charge on any atom is -0.481 e. The second-order valence-electron chi connectivity index (χ2n) is 8.65. The predicted octanol–water partition coefficient (Wildman–Crippen LogP) is 5.73. The third-order valence-corrected chi connectivity index (χ3v) is 6.50. The van der Waals surface area contributed by atoms with E-state index < -0.39 is 22.2 Å². The van der Waals surface area contributed by atoms with Crippen molar-refractivity contribution in [2.45, 2.75) is 44.9 Å². The van der Waals surface area contributed by atoms with Crippen molar-refractivity contribution in [2.24, 2.45) is 5.41 Å². The first-order valence-electron chi connectivity index (χ1n) is 9.82. The minimum atomic E-state index is -1.17. The van der Waals surface area contributed by atoms with E-state index in [-0.39, 0.29) is 0 Å². The maximum atomic E-state index is 12.8. The molecule has 1 saturated carbocycles. The van der Waals surface area contributed by atoms with Gasteiger partial charge in [-0.2, -0.15) is 0 Å². The maximum Gasteiger partial charge on any atom is 0.316 e. The zero-order chi connectivity index (χ0) is 20.9. The largest absolute Gasteiger partial charge is 0.481 e. The van der Waals surface area contributed by atoms with Gasteiger partial charge >= 0.3 is 5.97 Å². The molecule has 0 amide bonds. The van der Waals surface area contributed by atoms with Crippen molar-refractivity contribution in [2.75, 3.05) is 0 Å². The molecule has 4 heteroatoms. The molecule has 2 aromatic heterocycles. The van der Waals surface area contributed by atoms with Crippen molar-refractivity contribution in [1.82, 2.24) is 0 Å². The summed E-state index contributed by atoms with van der Waals surface area (Å²) in [6.07, 6.45) is 5.88. The Morgan fingerprint density at radius 3 is 2.38 bits per heavy atom. The van der Waals surface area contributed by atoms with Gasteiger partial charge in [0.25, 0.3) is 0 Å². The summed E-state index contributed by atoms with van der Waals surface area (Å²) in [5.74, 6) is 0.542. The Labute approximate surface area is 170 Å². The highest BCUT2D eigenvalue weighted by molar-refractivity contribution is 5.93. The lowest BCUT2D eigenvalue weighted by atomic mass is 9.84. The van der Waals surface area contributed by atoms with Gasteiger partial charge in [-0.25, -0.2) is 0 Å². The summed E-state index contributed by atoms with van der Waals surface area (Å²) in [5.41, 5.74) is 0.277. The fourth-order valence-electron chi connectivity index (χ4n) is 5.31. The molecule has 4 rings (SSSR count). The van der Waals surface area contributed by atoms with Crippen LogP contribution in [0.5, 0.6) is 0 Å². The highest BCUT2D eigenvalue weighted by atomic mass is 16.4. The number of carboxylic acids is 1. The van der Waals surface area contributed by atoms with E-state index in [1.807, 2.05) is 82.3 Å². The lowest BCUT2D eigenvalue weighted by Crippen LogP contribution is -2.30. The molecule has 2 atom stereocenters. The molecular weight excluding hydrogens is 364 g/mol. The Kier molecular flexibility index (Phi) is 4.34. The van der Waals surface area contributed by atoms with Crippen LogP contribution in [0.15, 0.2) is 81.5 Å². The topological polar surface area (TPSA) is 63.6 Å². The number of hydrogen-bond donors (Lipinski definition) is 1. The number of aliphatic carboxylic acids is 1. The van der Waals surface area contributed by atoms with E-state index in [0.29, 0.717) is 17.7 Å².